The van der Waals surface area contributed by atoms with Crippen molar-refractivity contribution in [1.82, 2.24) is 4.31 Å². The maximum Gasteiger partial charge on any atom is 0.347 e. The van der Waals surface area contributed by atoms with Crippen LogP contribution in [0.4, 0.5) is 0 Å². The molecule has 108 valence electrons. The second-order valence-corrected chi connectivity index (χ2v) is 7.66. The number of carboxylic acid groups (broad SMARTS) is 1. The first-order chi connectivity index (χ1) is 9.26. The van der Waals surface area contributed by atoms with E-state index in [4.69, 9.17) is 0 Å². The number of rotatable bonds is 4. The molecule has 0 saturated carbocycles. The summed E-state index contributed by atoms with van der Waals surface area (Å²) in [7, 11) is -2.38. The molecule has 0 saturated heterocycles. The minimum atomic E-state index is -3.83. The van der Waals surface area contributed by atoms with Crippen LogP contribution >= 0.6 is 11.3 Å². The summed E-state index contributed by atoms with van der Waals surface area (Å²) >= 11 is 0.983. The second-order valence-electron chi connectivity index (χ2n) is 4.68. The number of sulfonamides is 1. The molecule has 1 N–H and O–H groups in total. The molecule has 2 rings (SSSR count). The zero-order valence-corrected chi connectivity index (χ0v) is 13.0. The first kappa shape index (κ1) is 15.0. The summed E-state index contributed by atoms with van der Waals surface area (Å²) in [5.74, 6) is -1.22. The van der Waals surface area contributed by atoms with E-state index < -0.39 is 16.0 Å². The van der Waals surface area contributed by atoms with Gasteiger partial charge in [-0.3, -0.25) is 0 Å². The number of benzene rings is 1. The fourth-order valence-electron chi connectivity index (χ4n) is 1.84. The van der Waals surface area contributed by atoms with E-state index in [1.54, 1.807) is 38.1 Å². The van der Waals surface area contributed by atoms with Gasteiger partial charge < -0.3 is 5.11 Å². The number of carbonyl (C=O) groups is 1. The molecule has 1 aromatic carbocycles. The van der Waals surface area contributed by atoms with Gasteiger partial charge >= 0.3 is 5.97 Å². The van der Waals surface area contributed by atoms with E-state index in [-0.39, 0.29) is 15.8 Å². The minimum Gasteiger partial charge on any atom is -0.477 e. The predicted octanol–water partition coefficient (Wildman–Crippen LogP) is 2.63. The Morgan fingerprint density at radius 3 is 2.45 bits per heavy atom. The van der Waals surface area contributed by atoms with Gasteiger partial charge in [-0.25, -0.2) is 13.2 Å². The summed E-state index contributed by atoms with van der Waals surface area (Å²) in [5.41, 5.74) is 0. The Morgan fingerprint density at radius 2 is 1.90 bits per heavy atom. The number of aromatic carboxylic acids is 1. The average molecular weight is 313 g/mol. The number of carboxylic acids is 1. The monoisotopic (exact) mass is 313 g/mol. The van der Waals surface area contributed by atoms with Crippen LogP contribution in [0.1, 0.15) is 23.5 Å². The molecule has 0 bridgehead atoms. The standard InChI is InChI=1S/C13H15NO4S2/c1-8(2)14(3)20(17,18)12-9-6-4-5-7-10(9)19-11(12)13(15)16/h4-8H,1-3H3,(H,15,16). The molecule has 0 spiro atoms. The smallest absolute Gasteiger partial charge is 0.347 e. The van der Waals surface area contributed by atoms with Gasteiger partial charge in [0.05, 0.1) is 0 Å². The molecule has 20 heavy (non-hydrogen) atoms. The molecule has 1 aromatic heterocycles. The number of hydrogen-bond acceptors (Lipinski definition) is 4. The van der Waals surface area contributed by atoms with Crippen molar-refractivity contribution >= 4 is 37.4 Å². The summed E-state index contributed by atoms with van der Waals surface area (Å²) in [6.07, 6.45) is 0. The zero-order valence-electron chi connectivity index (χ0n) is 11.3. The first-order valence-corrected chi connectivity index (χ1v) is 8.25. The maximum absolute atomic E-state index is 12.6. The SMILES string of the molecule is CC(C)N(C)S(=O)(=O)c1c(C(=O)O)sc2ccccc12. The molecule has 2 aromatic rings. The Labute approximate surface area is 121 Å². The molecular formula is C13H15NO4S2. The highest BCUT2D eigenvalue weighted by molar-refractivity contribution is 7.89. The summed E-state index contributed by atoms with van der Waals surface area (Å²) < 4.78 is 27.1. The van der Waals surface area contributed by atoms with Gasteiger partial charge in [0.2, 0.25) is 10.0 Å². The van der Waals surface area contributed by atoms with Gasteiger partial charge in [-0.1, -0.05) is 18.2 Å². The van der Waals surface area contributed by atoms with E-state index in [0.717, 1.165) is 11.3 Å². The van der Waals surface area contributed by atoms with Crippen LogP contribution in [0.25, 0.3) is 10.1 Å². The van der Waals surface area contributed by atoms with Gasteiger partial charge in [0.1, 0.15) is 9.77 Å². The molecule has 0 aliphatic rings. The summed E-state index contributed by atoms with van der Waals surface area (Å²) in [5, 5.41) is 9.74. The van der Waals surface area contributed by atoms with E-state index in [1.807, 2.05) is 0 Å². The van der Waals surface area contributed by atoms with Gasteiger partial charge in [-0.2, -0.15) is 4.31 Å². The first-order valence-electron chi connectivity index (χ1n) is 5.99. The lowest BCUT2D eigenvalue weighted by Gasteiger charge is -2.21. The third kappa shape index (κ3) is 2.32. The number of hydrogen-bond donors (Lipinski definition) is 1. The molecule has 7 heteroatoms. The molecule has 0 aliphatic heterocycles. The maximum atomic E-state index is 12.6. The summed E-state index contributed by atoms with van der Waals surface area (Å²) in [6, 6.07) is 6.57. The summed E-state index contributed by atoms with van der Waals surface area (Å²) in [6.45, 7) is 3.49. The largest absolute Gasteiger partial charge is 0.477 e. The Balaban J connectivity index is 2.82. The van der Waals surface area contributed by atoms with E-state index in [2.05, 4.69) is 0 Å². The Kier molecular flexibility index (Phi) is 3.86. The molecular weight excluding hydrogens is 298 g/mol. The van der Waals surface area contributed by atoms with Crippen molar-refractivity contribution < 1.29 is 18.3 Å². The van der Waals surface area contributed by atoms with Crippen molar-refractivity contribution in [2.24, 2.45) is 0 Å². The lowest BCUT2D eigenvalue weighted by Crippen LogP contribution is -2.33. The summed E-state index contributed by atoms with van der Waals surface area (Å²) in [4.78, 5) is 11.1. The van der Waals surface area contributed by atoms with Crippen molar-refractivity contribution in [2.45, 2.75) is 24.8 Å². The predicted molar refractivity (Wildman–Crippen MR) is 78.9 cm³/mol. The number of fused-ring (bicyclic) bond motifs is 1. The minimum absolute atomic E-state index is 0.109. The molecule has 0 amide bonds. The van der Waals surface area contributed by atoms with Crippen LogP contribution in [0.3, 0.4) is 0 Å². The average Bonchev–Trinajstić information content (AvgIpc) is 2.77. The molecule has 0 fully saturated rings. The highest BCUT2D eigenvalue weighted by atomic mass is 32.2. The lowest BCUT2D eigenvalue weighted by molar-refractivity contribution is 0.0698. The van der Waals surface area contributed by atoms with Crippen molar-refractivity contribution in [3.63, 3.8) is 0 Å². The van der Waals surface area contributed by atoms with Gasteiger partial charge in [0.25, 0.3) is 0 Å². The number of nitrogens with zero attached hydrogens (tertiary/aromatic N) is 1. The molecule has 0 aliphatic carbocycles. The molecule has 1 heterocycles. The highest BCUT2D eigenvalue weighted by Crippen LogP contribution is 2.36. The molecule has 0 atom stereocenters. The Bertz CT molecular complexity index is 762. The lowest BCUT2D eigenvalue weighted by atomic mass is 10.2. The van der Waals surface area contributed by atoms with Crippen LogP contribution < -0.4 is 0 Å². The van der Waals surface area contributed by atoms with Crippen molar-refractivity contribution in [2.75, 3.05) is 7.05 Å². The van der Waals surface area contributed by atoms with Crippen LogP contribution in [0.5, 0.6) is 0 Å². The fourth-order valence-corrected chi connectivity index (χ4v) is 4.90. The van der Waals surface area contributed by atoms with Crippen LogP contribution in [-0.4, -0.2) is 36.9 Å². The molecule has 0 unspecified atom stereocenters. The topological polar surface area (TPSA) is 74.7 Å². The Morgan fingerprint density at radius 1 is 1.30 bits per heavy atom. The van der Waals surface area contributed by atoms with E-state index >= 15 is 0 Å². The van der Waals surface area contributed by atoms with Crippen LogP contribution in [0, 0.1) is 0 Å². The molecule has 0 radical (unpaired) electrons. The fraction of sp³-hybridized carbons (Fsp3) is 0.308. The highest BCUT2D eigenvalue weighted by Gasteiger charge is 2.32. The number of thiophene rings is 1. The van der Waals surface area contributed by atoms with E-state index in [9.17, 15) is 18.3 Å². The normalized spacial score (nSPS) is 12.4. The molecule has 5 nitrogen and oxygen atoms in total. The van der Waals surface area contributed by atoms with Crippen LogP contribution in [0.15, 0.2) is 29.2 Å². The van der Waals surface area contributed by atoms with E-state index in [0.29, 0.717) is 10.1 Å². The van der Waals surface area contributed by atoms with Crippen molar-refractivity contribution in [3.8, 4) is 0 Å². The second kappa shape index (κ2) is 5.16. The Hall–Kier alpha value is -1.44. The van der Waals surface area contributed by atoms with Crippen molar-refractivity contribution in [1.29, 1.82) is 0 Å². The van der Waals surface area contributed by atoms with Crippen LogP contribution in [-0.2, 0) is 10.0 Å². The quantitative estimate of drug-likeness (QED) is 0.941. The van der Waals surface area contributed by atoms with Crippen molar-refractivity contribution in [3.05, 3.63) is 29.1 Å². The van der Waals surface area contributed by atoms with Gasteiger partial charge in [-0.05, 0) is 19.9 Å². The zero-order chi connectivity index (χ0) is 15.1. The van der Waals surface area contributed by atoms with Gasteiger partial charge in [0, 0.05) is 23.2 Å². The third-order valence-corrected chi connectivity index (χ3v) is 6.52. The third-order valence-electron chi connectivity index (χ3n) is 3.11. The van der Waals surface area contributed by atoms with Gasteiger partial charge in [-0.15, -0.1) is 11.3 Å². The van der Waals surface area contributed by atoms with Gasteiger partial charge in [0.15, 0.2) is 0 Å². The van der Waals surface area contributed by atoms with E-state index in [1.165, 1.54) is 11.4 Å². The van der Waals surface area contributed by atoms with Crippen LogP contribution in [0.2, 0.25) is 0 Å².